The summed E-state index contributed by atoms with van der Waals surface area (Å²) in [7, 11) is 0. The van der Waals surface area contributed by atoms with Crippen molar-refractivity contribution >= 4 is 46.0 Å². The fourth-order valence-corrected chi connectivity index (χ4v) is 4.23. The van der Waals surface area contributed by atoms with E-state index in [1.807, 2.05) is 0 Å². The second-order valence-corrected chi connectivity index (χ2v) is 10.0. The maximum absolute atomic E-state index is 13.0. The van der Waals surface area contributed by atoms with Crippen LogP contribution in [0.25, 0.3) is 16.7 Å². The molecule has 11 heteroatoms. The van der Waals surface area contributed by atoms with Gasteiger partial charge in [-0.15, -0.1) is 11.3 Å². The average Bonchev–Trinajstić information content (AvgIpc) is 3.42. The largest absolute Gasteiger partial charge is 0.444 e. The lowest BCUT2D eigenvalue weighted by atomic mass is 10.2. The molecule has 2 aromatic carbocycles. The van der Waals surface area contributed by atoms with Gasteiger partial charge in [-0.25, -0.2) is 18.6 Å². The van der Waals surface area contributed by atoms with E-state index in [0.29, 0.717) is 39.3 Å². The summed E-state index contributed by atoms with van der Waals surface area (Å²) < 4.78 is 33.0. The number of fused-ring (bicyclic) bond motifs is 1. The second-order valence-electron chi connectivity index (χ2n) is 8.89. The summed E-state index contributed by atoms with van der Waals surface area (Å²) in [6, 6.07) is 14.6. The third kappa shape index (κ3) is 5.69. The first-order valence-electron chi connectivity index (χ1n) is 11.0. The minimum Gasteiger partial charge on any atom is -0.444 e. The van der Waals surface area contributed by atoms with Gasteiger partial charge in [0.05, 0.1) is 33.1 Å². The molecule has 0 radical (unpaired) electrons. The first-order chi connectivity index (χ1) is 17.0. The van der Waals surface area contributed by atoms with Crippen molar-refractivity contribution < 1.29 is 28.2 Å². The van der Waals surface area contributed by atoms with Crippen LogP contribution in [0.2, 0.25) is 0 Å². The van der Waals surface area contributed by atoms with Crippen LogP contribution in [0.5, 0.6) is 0 Å². The molecule has 8 nitrogen and oxygen atoms in total. The Hall–Kier alpha value is -3.83. The summed E-state index contributed by atoms with van der Waals surface area (Å²) in [4.78, 5) is 29.5. The SMILES string of the molecule is CC(C)(C)OC(=O)Nc1cccc(-n2c(NC(=O)c3ccc(C(F)F)s3)nc3cc(CO)ccc32)c1. The molecule has 0 aliphatic carbocycles. The van der Waals surface area contributed by atoms with Gasteiger partial charge in [-0.1, -0.05) is 12.1 Å². The molecule has 0 saturated carbocycles. The number of thiophene rings is 1. The van der Waals surface area contributed by atoms with E-state index in [0.717, 1.165) is 0 Å². The van der Waals surface area contributed by atoms with Crippen molar-refractivity contribution in [3.8, 4) is 5.69 Å². The van der Waals surface area contributed by atoms with Crippen molar-refractivity contribution in [3.05, 3.63) is 69.9 Å². The Balaban J connectivity index is 1.72. The van der Waals surface area contributed by atoms with E-state index >= 15 is 0 Å². The molecule has 4 aromatic rings. The summed E-state index contributed by atoms with van der Waals surface area (Å²) in [5, 5.41) is 14.9. The molecule has 36 heavy (non-hydrogen) atoms. The highest BCUT2D eigenvalue weighted by Crippen LogP contribution is 2.30. The van der Waals surface area contributed by atoms with Gasteiger partial charge in [0.15, 0.2) is 0 Å². The zero-order valence-electron chi connectivity index (χ0n) is 19.7. The standard InChI is InChI=1S/C25H24F2N4O4S/c1-25(2,3)35-24(34)28-15-5-4-6-16(12-15)31-18-8-7-14(13-32)11-17(18)29-23(31)30-22(33)20-10-9-19(36-20)21(26)27/h4-12,21,32H,13H2,1-3H3,(H,28,34)(H,29,30,33). The number of hydrogen-bond acceptors (Lipinski definition) is 6. The Morgan fingerprint density at radius 2 is 1.89 bits per heavy atom. The van der Waals surface area contributed by atoms with Gasteiger partial charge in [-0.05, 0) is 68.8 Å². The number of hydrogen-bond donors (Lipinski definition) is 3. The van der Waals surface area contributed by atoms with Crippen LogP contribution in [0.15, 0.2) is 54.6 Å². The number of carbonyl (C=O) groups is 2. The van der Waals surface area contributed by atoms with Gasteiger partial charge in [-0.3, -0.25) is 20.0 Å². The molecular weight excluding hydrogens is 490 g/mol. The lowest BCUT2D eigenvalue weighted by Crippen LogP contribution is -2.27. The van der Waals surface area contributed by atoms with Crippen molar-refractivity contribution in [2.75, 3.05) is 10.6 Å². The van der Waals surface area contributed by atoms with Gasteiger partial charge >= 0.3 is 6.09 Å². The zero-order valence-corrected chi connectivity index (χ0v) is 20.5. The van der Waals surface area contributed by atoms with Crippen LogP contribution >= 0.6 is 11.3 Å². The Morgan fingerprint density at radius 3 is 2.56 bits per heavy atom. The summed E-state index contributed by atoms with van der Waals surface area (Å²) in [6.45, 7) is 5.08. The van der Waals surface area contributed by atoms with Crippen molar-refractivity contribution in [3.63, 3.8) is 0 Å². The summed E-state index contributed by atoms with van der Waals surface area (Å²) in [6.07, 6.45) is -3.29. The highest BCUT2D eigenvalue weighted by Gasteiger charge is 2.20. The molecule has 0 fully saturated rings. The van der Waals surface area contributed by atoms with Crippen LogP contribution in [0.1, 0.15) is 47.3 Å². The van der Waals surface area contributed by atoms with Gasteiger partial charge in [0.2, 0.25) is 5.95 Å². The van der Waals surface area contributed by atoms with Crippen LogP contribution in [0.4, 0.5) is 25.2 Å². The normalized spacial score (nSPS) is 11.6. The van der Waals surface area contributed by atoms with E-state index < -0.39 is 24.0 Å². The number of imidazole rings is 1. The van der Waals surface area contributed by atoms with E-state index in [-0.39, 0.29) is 22.3 Å². The van der Waals surface area contributed by atoms with E-state index in [2.05, 4.69) is 15.6 Å². The minimum absolute atomic E-state index is 0.111. The predicted molar refractivity (Wildman–Crippen MR) is 134 cm³/mol. The topological polar surface area (TPSA) is 105 Å². The number of anilines is 2. The number of amides is 2. The molecule has 0 unspecified atom stereocenters. The molecule has 2 heterocycles. The maximum Gasteiger partial charge on any atom is 0.412 e. The lowest BCUT2D eigenvalue weighted by molar-refractivity contribution is 0.0635. The van der Waals surface area contributed by atoms with E-state index in [9.17, 15) is 23.5 Å². The monoisotopic (exact) mass is 514 g/mol. The Kier molecular flexibility index (Phi) is 7.04. The highest BCUT2D eigenvalue weighted by molar-refractivity contribution is 7.14. The van der Waals surface area contributed by atoms with E-state index in [1.165, 1.54) is 12.1 Å². The zero-order chi connectivity index (χ0) is 26.0. The number of aromatic nitrogens is 2. The molecular formula is C25H24F2N4O4S. The molecule has 4 rings (SSSR count). The number of carbonyl (C=O) groups excluding carboxylic acids is 2. The number of ether oxygens (including phenoxy) is 1. The van der Waals surface area contributed by atoms with Crippen molar-refractivity contribution in [2.24, 2.45) is 0 Å². The smallest absolute Gasteiger partial charge is 0.412 e. The van der Waals surface area contributed by atoms with Gasteiger partial charge in [-0.2, -0.15) is 0 Å². The summed E-state index contributed by atoms with van der Waals surface area (Å²) in [5.74, 6) is -0.444. The van der Waals surface area contributed by atoms with Crippen LogP contribution in [0.3, 0.4) is 0 Å². The highest BCUT2D eigenvalue weighted by atomic mass is 32.1. The Morgan fingerprint density at radius 1 is 1.11 bits per heavy atom. The molecule has 188 valence electrons. The predicted octanol–water partition coefficient (Wildman–Crippen LogP) is 6.12. The minimum atomic E-state index is -2.67. The van der Waals surface area contributed by atoms with Crippen LogP contribution in [0, 0.1) is 0 Å². The average molecular weight is 515 g/mol. The van der Waals surface area contributed by atoms with Gasteiger partial charge < -0.3 is 9.84 Å². The van der Waals surface area contributed by atoms with Crippen LogP contribution in [-0.4, -0.2) is 32.3 Å². The number of alkyl halides is 2. The summed E-state index contributed by atoms with van der Waals surface area (Å²) >= 11 is 0.703. The third-order valence-corrected chi connectivity index (χ3v) is 6.03. The molecule has 0 saturated heterocycles. The molecule has 0 bridgehead atoms. The molecule has 0 atom stereocenters. The van der Waals surface area contributed by atoms with Gasteiger partial charge in [0.25, 0.3) is 12.3 Å². The van der Waals surface area contributed by atoms with Crippen molar-refractivity contribution in [1.29, 1.82) is 0 Å². The van der Waals surface area contributed by atoms with Gasteiger partial charge in [0, 0.05) is 5.69 Å². The van der Waals surface area contributed by atoms with Crippen LogP contribution < -0.4 is 10.6 Å². The quantitative estimate of drug-likeness (QED) is 0.288. The number of aliphatic hydroxyl groups excluding tert-OH is 1. The second kappa shape index (κ2) is 10.0. The van der Waals surface area contributed by atoms with E-state index in [1.54, 1.807) is 67.8 Å². The summed E-state index contributed by atoms with van der Waals surface area (Å²) in [5.41, 5.74) is 2.10. The maximum atomic E-state index is 13.0. The molecule has 0 spiro atoms. The first kappa shape index (κ1) is 25.3. The van der Waals surface area contributed by atoms with Crippen LogP contribution in [-0.2, 0) is 11.3 Å². The fourth-order valence-electron chi connectivity index (χ4n) is 3.47. The first-order valence-corrected chi connectivity index (χ1v) is 11.8. The lowest BCUT2D eigenvalue weighted by Gasteiger charge is -2.20. The molecule has 0 aliphatic rings. The number of nitrogens with zero attached hydrogens (tertiary/aromatic N) is 2. The number of aliphatic hydroxyl groups is 1. The Bertz CT molecular complexity index is 1430. The van der Waals surface area contributed by atoms with Gasteiger partial charge in [0.1, 0.15) is 5.60 Å². The van der Waals surface area contributed by atoms with E-state index in [4.69, 9.17) is 4.74 Å². The van der Waals surface area contributed by atoms with Crippen molar-refractivity contribution in [2.45, 2.75) is 39.4 Å². The molecule has 2 amide bonds. The molecule has 2 aromatic heterocycles. The fraction of sp³-hybridized carbons (Fsp3) is 0.240. The Labute approximate surface area is 209 Å². The number of nitrogens with one attached hydrogen (secondary N) is 2. The number of rotatable bonds is 6. The molecule has 0 aliphatic heterocycles. The number of halogens is 2. The van der Waals surface area contributed by atoms with Crippen molar-refractivity contribution in [1.82, 2.24) is 9.55 Å². The molecule has 3 N–H and O–H groups in total. The third-order valence-electron chi connectivity index (χ3n) is 4.94. The number of benzene rings is 2.